The van der Waals surface area contributed by atoms with Gasteiger partial charge in [-0.2, -0.15) is 0 Å². The lowest BCUT2D eigenvalue weighted by atomic mass is 9.82. The zero-order valence-corrected chi connectivity index (χ0v) is 12.2. The van der Waals surface area contributed by atoms with Crippen LogP contribution in [0.2, 0.25) is 0 Å². The van der Waals surface area contributed by atoms with Crippen LogP contribution in [-0.4, -0.2) is 28.3 Å². The number of hydrogen-bond donors (Lipinski definition) is 0. The van der Waals surface area contributed by atoms with Crippen LogP contribution in [0.15, 0.2) is 24.4 Å². The minimum absolute atomic E-state index is 0.881. The highest BCUT2D eigenvalue weighted by molar-refractivity contribution is 7.18. The van der Waals surface area contributed by atoms with Crippen molar-refractivity contribution in [1.82, 2.24) is 15.2 Å². The van der Waals surface area contributed by atoms with Gasteiger partial charge < -0.3 is 4.90 Å². The first kappa shape index (κ1) is 12.3. The van der Waals surface area contributed by atoms with Gasteiger partial charge >= 0.3 is 0 Å². The lowest BCUT2D eigenvalue weighted by Gasteiger charge is -2.22. The van der Waals surface area contributed by atoms with Crippen LogP contribution in [-0.2, 0) is 0 Å². The fraction of sp³-hybridized carbons (Fsp3) is 0.533. The van der Waals surface area contributed by atoms with Crippen LogP contribution in [0.3, 0.4) is 0 Å². The Bertz CT molecular complexity index is 569. The smallest absolute Gasteiger partial charge is 0.208 e. The first-order chi connectivity index (χ1) is 9.90. The minimum Gasteiger partial charge on any atom is -0.346 e. The Hall–Kier alpha value is -1.49. The molecule has 0 spiro atoms. The van der Waals surface area contributed by atoms with Crippen LogP contribution >= 0.6 is 11.3 Å². The van der Waals surface area contributed by atoms with Crippen molar-refractivity contribution in [2.75, 3.05) is 18.0 Å². The minimum atomic E-state index is 0.881. The average Bonchev–Trinajstić information content (AvgIpc) is 3.14. The van der Waals surface area contributed by atoms with Gasteiger partial charge in [0.25, 0.3) is 0 Å². The zero-order chi connectivity index (χ0) is 13.4. The van der Waals surface area contributed by atoms with E-state index in [0.717, 1.165) is 27.7 Å². The Balaban J connectivity index is 1.54. The summed E-state index contributed by atoms with van der Waals surface area (Å²) < 4.78 is 0. The van der Waals surface area contributed by atoms with Crippen molar-refractivity contribution >= 4 is 16.5 Å². The quantitative estimate of drug-likeness (QED) is 0.850. The normalized spacial score (nSPS) is 25.7. The van der Waals surface area contributed by atoms with Crippen molar-refractivity contribution in [3.8, 4) is 10.7 Å². The lowest BCUT2D eigenvalue weighted by molar-refractivity contribution is 0.299. The number of rotatable bonds is 2. The third-order valence-electron chi connectivity index (χ3n) is 4.55. The number of aromatic nitrogens is 3. The van der Waals surface area contributed by atoms with E-state index in [4.69, 9.17) is 0 Å². The topological polar surface area (TPSA) is 41.9 Å². The van der Waals surface area contributed by atoms with Gasteiger partial charge in [-0.1, -0.05) is 30.2 Å². The highest BCUT2D eigenvalue weighted by Crippen LogP contribution is 2.39. The maximum atomic E-state index is 4.39. The van der Waals surface area contributed by atoms with Gasteiger partial charge in [-0.15, -0.1) is 10.2 Å². The molecule has 104 valence electrons. The summed E-state index contributed by atoms with van der Waals surface area (Å²) in [6, 6.07) is 5.92. The second-order valence-corrected chi connectivity index (χ2v) is 6.77. The van der Waals surface area contributed by atoms with Gasteiger partial charge in [0.2, 0.25) is 5.13 Å². The molecule has 5 heteroatoms. The van der Waals surface area contributed by atoms with Gasteiger partial charge in [0.15, 0.2) is 5.01 Å². The van der Waals surface area contributed by atoms with Crippen molar-refractivity contribution in [2.24, 2.45) is 11.8 Å². The van der Waals surface area contributed by atoms with Gasteiger partial charge in [0, 0.05) is 19.3 Å². The highest BCUT2D eigenvalue weighted by atomic mass is 32.1. The molecule has 4 nitrogen and oxygen atoms in total. The second kappa shape index (κ2) is 5.13. The Morgan fingerprint density at radius 2 is 1.85 bits per heavy atom. The van der Waals surface area contributed by atoms with E-state index in [1.54, 1.807) is 17.5 Å². The summed E-state index contributed by atoms with van der Waals surface area (Å²) in [7, 11) is 0. The van der Waals surface area contributed by atoms with Crippen molar-refractivity contribution in [2.45, 2.75) is 25.7 Å². The number of anilines is 1. The maximum Gasteiger partial charge on any atom is 0.208 e. The number of nitrogens with zero attached hydrogens (tertiary/aromatic N) is 4. The molecule has 0 bridgehead atoms. The first-order valence-corrected chi connectivity index (χ1v) is 8.21. The summed E-state index contributed by atoms with van der Waals surface area (Å²) in [5.74, 6) is 1.76. The molecule has 2 fully saturated rings. The molecule has 2 aromatic heterocycles. The average molecular weight is 286 g/mol. The SMILES string of the molecule is c1ccc(-c2nnc(N3CC4CCCCC4C3)s2)nc1. The van der Waals surface area contributed by atoms with E-state index in [-0.39, 0.29) is 0 Å². The molecule has 2 aromatic rings. The van der Waals surface area contributed by atoms with E-state index in [2.05, 4.69) is 20.1 Å². The van der Waals surface area contributed by atoms with E-state index >= 15 is 0 Å². The number of pyridine rings is 1. The van der Waals surface area contributed by atoms with Crippen LogP contribution in [0.1, 0.15) is 25.7 Å². The Morgan fingerprint density at radius 3 is 2.55 bits per heavy atom. The molecule has 1 aliphatic carbocycles. The van der Waals surface area contributed by atoms with Crippen molar-refractivity contribution in [3.05, 3.63) is 24.4 Å². The number of hydrogen-bond acceptors (Lipinski definition) is 5. The van der Waals surface area contributed by atoms with Gasteiger partial charge in [0.1, 0.15) is 5.69 Å². The molecular weight excluding hydrogens is 268 g/mol. The van der Waals surface area contributed by atoms with Crippen LogP contribution in [0, 0.1) is 11.8 Å². The van der Waals surface area contributed by atoms with Gasteiger partial charge in [0.05, 0.1) is 0 Å². The molecule has 3 heterocycles. The summed E-state index contributed by atoms with van der Waals surface area (Å²) in [5.41, 5.74) is 0.924. The van der Waals surface area contributed by atoms with E-state index < -0.39 is 0 Å². The molecule has 2 unspecified atom stereocenters. The van der Waals surface area contributed by atoms with E-state index in [0.29, 0.717) is 0 Å². The van der Waals surface area contributed by atoms with E-state index in [9.17, 15) is 0 Å². The molecule has 1 saturated carbocycles. The summed E-state index contributed by atoms with van der Waals surface area (Å²) in [4.78, 5) is 6.79. The molecular formula is C15H18N4S. The Kier molecular flexibility index (Phi) is 3.14. The molecule has 1 aliphatic heterocycles. The predicted octanol–water partition coefficient (Wildman–Crippen LogP) is 3.23. The first-order valence-electron chi connectivity index (χ1n) is 7.40. The molecule has 2 atom stereocenters. The van der Waals surface area contributed by atoms with Crippen molar-refractivity contribution < 1.29 is 0 Å². The lowest BCUT2D eigenvalue weighted by Crippen LogP contribution is -2.19. The molecule has 2 aliphatic rings. The monoisotopic (exact) mass is 286 g/mol. The maximum absolute atomic E-state index is 4.39. The summed E-state index contributed by atoms with van der Waals surface area (Å²) >= 11 is 1.67. The standard InChI is InChI=1S/C15H18N4S/c1-2-6-12-10-19(9-11(12)5-1)15-18-17-14(20-15)13-7-3-4-8-16-13/h3-4,7-8,11-12H,1-2,5-6,9-10H2. The molecule has 0 N–H and O–H groups in total. The van der Waals surface area contributed by atoms with Gasteiger partial charge in [-0.25, -0.2) is 0 Å². The van der Waals surface area contributed by atoms with Crippen molar-refractivity contribution in [1.29, 1.82) is 0 Å². The number of fused-ring (bicyclic) bond motifs is 1. The summed E-state index contributed by atoms with van der Waals surface area (Å²) in [6.45, 7) is 2.34. The molecule has 0 radical (unpaired) electrons. The van der Waals surface area contributed by atoms with Crippen molar-refractivity contribution in [3.63, 3.8) is 0 Å². The van der Waals surface area contributed by atoms with Gasteiger partial charge in [-0.3, -0.25) is 4.98 Å². The highest BCUT2D eigenvalue weighted by Gasteiger charge is 2.35. The molecule has 4 rings (SSSR count). The van der Waals surface area contributed by atoms with Gasteiger partial charge in [-0.05, 0) is 36.8 Å². The van der Waals surface area contributed by atoms with Crippen LogP contribution < -0.4 is 4.90 Å². The summed E-state index contributed by atoms with van der Waals surface area (Å²) in [5, 5.41) is 10.7. The molecule has 0 amide bonds. The van der Waals surface area contributed by atoms with E-state index in [1.165, 1.54) is 38.8 Å². The molecule has 0 aromatic carbocycles. The summed E-state index contributed by atoms with van der Waals surface area (Å²) in [6.07, 6.45) is 7.41. The van der Waals surface area contributed by atoms with Crippen LogP contribution in [0.4, 0.5) is 5.13 Å². The zero-order valence-electron chi connectivity index (χ0n) is 11.4. The Labute approximate surface area is 122 Å². The molecule has 20 heavy (non-hydrogen) atoms. The predicted molar refractivity (Wildman–Crippen MR) is 80.8 cm³/mol. The second-order valence-electron chi connectivity index (χ2n) is 5.81. The Morgan fingerprint density at radius 1 is 1.05 bits per heavy atom. The fourth-order valence-corrected chi connectivity index (χ4v) is 4.34. The largest absolute Gasteiger partial charge is 0.346 e. The van der Waals surface area contributed by atoms with E-state index in [1.807, 2.05) is 18.2 Å². The van der Waals surface area contributed by atoms with Crippen LogP contribution in [0.5, 0.6) is 0 Å². The van der Waals surface area contributed by atoms with Crippen LogP contribution in [0.25, 0.3) is 10.7 Å². The molecule has 1 saturated heterocycles. The third-order valence-corrected chi connectivity index (χ3v) is 5.55. The third kappa shape index (κ3) is 2.20. The fourth-order valence-electron chi connectivity index (χ4n) is 3.50.